The number of aromatic nitrogens is 1. The van der Waals surface area contributed by atoms with E-state index in [2.05, 4.69) is 14.8 Å². The van der Waals surface area contributed by atoms with Gasteiger partial charge in [-0.25, -0.2) is 0 Å². The first-order chi connectivity index (χ1) is 13.2. The molecule has 3 rings (SSSR count). The number of carbonyl (C=O) groups is 2. The van der Waals surface area contributed by atoms with Crippen LogP contribution in [0, 0.1) is 0 Å². The quantitative estimate of drug-likeness (QED) is 0.552. The molecule has 2 aromatic rings. The number of hydrogen-bond acceptors (Lipinski definition) is 6. The highest BCUT2D eigenvalue weighted by molar-refractivity contribution is 5.97. The molecule has 0 bridgehead atoms. The maximum atomic E-state index is 12.5. The third-order valence-electron chi connectivity index (χ3n) is 4.70. The van der Waals surface area contributed by atoms with Gasteiger partial charge < -0.3 is 9.64 Å². The lowest BCUT2D eigenvalue weighted by molar-refractivity contribution is -0.142. The van der Waals surface area contributed by atoms with E-state index >= 15 is 0 Å². The van der Waals surface area contributed by atoms with Crippen LogP contribution in [-0.2, 0) is 16.0 Å². The van der Waals surface area contributed by atoms with Gasteiger partial charge in [0, 0.05) is 49.8 Å². The van der Waals surface area contributed by atoms with Crippen LogP contribution in [0.5, 0.6) is 0 Å². The zero-order valence-corrected chi connectivity index (χ0v) is 15.6. The van der Waals surface area contributed by atoms with Crippen molar-refractivity contribution < 1.29 is 14.3 Å². The van der Waals surface area contributed by atoms with Crippen molar-refractivity contribution in [3.63, 3.8) is 0 Å². The third-order valence-corrected chi connectivity index (χ3v) is 4.70. The minimum atomic E-state index is -0.247. The summed E-state index contributed by atoms with van der Waals surface area (Å²) >= 11 is 0. The van der Waals surface area contributed by atoms with E-state index in [1.54, 1.807) is 31.5 Å². The molecular formula is C21H25N3O3. The highest BCUT2D eigenvalue weighted by Gasteiger charge is 2.19. The first kappa shape index (κ1) is 19.0. The van der Waals surface area contributed by atoms with Crippen LogP contribution in [0.3, 0.4) is 0 Å². The smallest absolute Gasteiger partial charge is 0.310 e. The molecule has 0 radical (unpaired) electrons. The van der Waals surface area contributed by atoms with Gasteiger partial charge in [0.25, 0.3) is 0 Å². The Morgan fingerprint density at radius 1 is 1.00 bits per heavy atom. The second-order valence-electron chi connectivity index (χ2n) is 6.57. The fraction of sp³-hybridized carbons (Fsp3) is 0.381. The molecule has 0 N–H and O–H groups in total. The van der Waals surface area contributed by atoms with Crippen molar-refractivity contribution in [2.24, 2.45) is 0 Å². The third kappa shape index (κ3) is 5.37. The Morgan fingerprint density at radius 3 is 2.30 bits per heavy atom. The van der Waals surface area contributed by atoms with Crippen molar-refractivity contribution in [2.75, 3.05) is 44.2 Å². The van der Waals surface area contributed by atoms with Crippen LogP contribution in [-0.4, -0.2) is 61.0 Å². The van der Waals surface area contributed by atoms with E-state index in [4.69, 9.17) is 4.74 Å². The molecule has 1 saturated heterocycles. The van der Waals surface area contributed by atoms with E-state index < -0.39 is 0 Å². The Labute approximate surface area is 159 Å². The number of nitrogens with zero attached hydrogens (tertiary/aromatic N) is 3. The largest absolute Gasteiger partial charge is 0.466 e. The van der Waals surface area contributed by atoms with Crippen LogP contribution < -0.4 is 4.90 Å². The first-order valence-corrected chi connectivity index (χ1v) is 9.31. The second-order valence-corrected chi connectivity index (χ2v) is 6.57. The highest BCUT2D eigenvalue weighted by atomic mass is 16.5. The summed E-state index contributed by atoms with van der Waals surface area (Å²) in [5, 5.41) is 0. The number of ketones is 1. The Morgan fingerprint density at radius 2 is 1.67 bits per heavy atom. The zero-order valence-electron chi connectivity index (χ0n) is 15.6. The van der Waals surface area contributed by atoms with E-state index in [0.717, 1.165) is 31.7 Å². The van der Waals surface area contributed by atoms with Crippen molar-refractivity contribution in [3.05, 3.63) is 59.9 Å². The molecule has 142 valence electrons. The molecule has 2 heterocycles. The van der Waals surface area contributed by atoms with Gasteiger partial charge in [0.15, 0.2) is 5.78 Å². The lowest BCUT2D eigenvalue weighted by Gasteiger charge is -2.35. The van der Waals surface area contributed by atoms with E-state index in [9.17, 15) is 9.59 Å². The summed E-state index contributed by atoms with van der Waals surface area (Å²) < 4.78 is 4.94. The number of carbonyl (C=O) groups excluding carboxylic acids is 2. The Hall–Kier alpha value is -2.73. The Balaban J connectivity index is 1.49. The zero-order chi connectivity index (χ0) is 19.1. The SMILES string of the molecule is CCOC(=O)Cc1ccc(C(=O)CN2CCN(c3ccncc3)CC2)cc1. The van der Waals surface area contributed by atoms with Crippen molar-refractivity contribution in [1.82, 2.24) is 9.88 Å². The van der Waals surface area contributed by atoms with Gasteiger partial charge in [0.2, 0.25) is 0 Å². The predicted molar refractivity (Wildman–Crippen MR) is 104 cm³/mol. The average molecular weight is 367 g/mol. The van der Waals surface area contributed by atoms with Gasteiger partial charge in [0.05, 0.1) is 19.6 Å². The van der Waals surface area contributed by atoms with Crippen molar-refractivity contribution in [1.29, 1.82) is 0 Å². The van der Waals surface area contributed by atoms with Crippen LogP contribution >= 0.6 is 0 Å². The fourth-order valence-corrected chi connectivity index (χ4v) is 3.20. The summed E-state index contributed by atoms with van der Waals surface area (Å²) in [5.74, 6) is -0.140. The van der Waals surface area contributed by atoms with Crippen molar-refractivity contribution in [3.8, 4) is 0 Å². The summed E-state index contributed by atoms with van der Waals surface area (Å²) in [6.45, 7) is 6.09. The maximum absolute atomic E-state index is 12.5. The topological polar surface area (TPSA) is 62.7 Å². The number of esters is 1. The number of Topliss-reactive ketones (excluding diaryl/α,β-unsaturated/α-hetero) is 1. The van der Waals surface area contributed by atoms with Crippen molar-refractivity contribution in [2.45, 2.75) is 13.3 Å². The van der Waals surface area contributed by atoms with E-state index in [0.29, 0.717) is 18.7 Å². The summed E-state index contributed by atoms with van der Waals surface area (Å²) in [5.41, 5.74) is 2.71. The molecule has 1 aromatic carbocycles. The molecular weight excluding hydrogens is 342 g/mol. The molecule has 0 aliphatic carbocycles. The normalized spacial score (nSPS) is 14.8. The van der Waals surface area contributed by atoms with Gasteiger partial charge in [-0.05, 0) is 24.6 Å². The minimum absolute atomic E-state index is 0.107. The van der Waals surface area contributed by atoms with E-state index in [1.807, 2.05) is 24.3 Å². The van der Waals surface area contributed by atoms with Gasteiger partial charge in [-0.1, -0.05) is 24.3 Å². The number of hydrogen-bond donors (Lipinski definition) is 0. The summed E-state index contributed by atoms with van der Waals surface area (Å²) in [4.78, 5) is 32.6. The molecule has 0 unspecified atom stereocenters. The fourth-order valence-electron chi connectivity index (χ4n) is 3.20. The van der Waals surface area contributed by atoms with Crippen LogP contribution in [0.2, 0.25) is 0 Å². The van der Waals surface area contributed by atoms with Crippen LogP contribution in [0.15, 0.2) is 48.8 Å². The summed E-state index contributed by atoms with van der Waals surface area (Å²) in [6.07, 6.45) is 3.84. The number of rotatable bonds is 7. The lowest BCUT2D eigenvalue weighted by Crippen LogP contribution is -2.48. The predicted octanol–water partition coefficient (Wildman–Crippen LogP) is 2.19. The molecule has 27 heavy (non-hydrogen) atoms. The summed E-state index contributed by atoms with van der Waals surface area (Å²) in [6, 6.07) is 11.3. The van der Waals surface area contributed by atoms with Crippen LogP contribution in [0.4, 0.5) is 5.69 Å². The molecule has 6 nitrogen and oxygen atoms in total. The Bertz CT molecular complexity index is 754. The molecule has 1 aromatic heterocycles. The minimum Gasteiger partial charge on any atom is -0.466 e. The second kappa shape index (κ2) is 9.28. The number of benzene rings is 1. The number of ether oxygens (including phenoxy) is 1. The van der Waals surface area contributed by atoms with Crippen molar-refractivity contribution >= 4 is 17.4 Å². The molecule has 1 aliphatic heterocycles. The highest BCUT2D eigenvalue weighted by Crippen LogP contribution is 2.15. The number of pyridine rings is 1. The van der Waals surface area contributed by atoms with Gasteiger partial charge >= 0.3 is 5.97 Å². The molecule has 0 atom stereocenters. The molecule has 1 fully saturated rings. The van der Waals surface area contributed by atoms with Gasteiger partial charge in [-0.3, -0.25) is 19.5 Å². The van der Waals surface area contributed by atoms with Crippen LogP contribution in [0.1, 0.15) is 22.8 Å². The van der Waals surface area contributed by atoms with Crippen LogP contribution in [0.25, 0.3) is 0 Å². The lowest BCUT2D eigenvalue weighted by atomic mass is 10.1. The average Bonchev–Trinajstić information content (AvgIpc) is 2.70. The molecule has 0 spiro atoms. The summed E-state index contributed by atoms with van der Waals surface area (Å²) in [7, 11) is 0. The number of anilines is 1. The van der Waals surface area contributed by atoms with Gasteiger partial charge in [-0.2, -0.15) is 0 Å². The van der Waals surface area contributed by atoms with E-state index in [-0.39, 0.29) is 18.2 Å². The molecule has 6 heteroatoms. The standard InChI is InChI=1S/C21H25N3O3/c1-2-27-21(26)15-17-3-5-18(6-4-17)20(25)16-23-11-13-24(14-12-23)19-7-9-22-10-8-19/h3-10H,2,11-16H2,1H3. The molecule has 0 amide bonds. The van der Waals surface area contributed by atoms with E-state index in [1.165, 1.54) is 5.69 Å². The van der Waals surface area contributed by atoms with Gasteiger partial charge in [-0.15, -0.1) is 0 Å². The maximum Gasteiger partial charge on any atom is 0.310 e. The monoisotopic (exact) mass is 367 g/mol. The molecule has 1 aliphatic rings. The number of piperazine rings is 1. The molecule has 0 saturated carbocycles. The Kier molecular flexibility index (Phi) is 6.54. The van der Waals surface area contributed by atoms with Gasteiger partial charge in [0.1, 0.15) is 0 Å². The first-order valence-electron chi connectivity index (χ1n) is 9.31.